The molecule has 2 nitrogen and oxygen atoms in total. The van der Waals surface area contributed by atoms with Crippen molar-refractivity contribution in [3.8, 4) is 0 Å². The lowest BCUT2D eigenvalue weighted by molar-refractivity contribution is 0.0605. The van der Waals surface area contributed by atoms with E-state index in [1.165, 1.54) is 5.56 Å². The van der Waals surface area contributed by atoms with Gasteiger partial charge in [0.25, 0.3) is 0 Å². The van der Waals surface area contributed by atoms with Crippen molar-refractivity contribution in [1.29, 1.82) is 0 Å². The molecule has 0 radical (unpaired) electrons. The van der Waals surface area contributed by atoms with Crippen molar-refractivity contribution in [2.45, 2.75) is 25.9 Å². The summed E-state index contributed by atoms with van der Waals surface area (Å²) in [5, 5.41) is 8.59. The van der Waals surface area contributed by atoms with Crippen LogP contribution in [0.1, 0.15) is 31.4 Å². The van der Waals surface area contributed by atoms with E-state index in [4.69, 9.17) is 9.84 Å². The predicted molar refractivity (Wildman–Crippen MR) is 57.1 cm³/mol. The number of hydrogen-bond donors (Lipinski definition) is 1. The molecule has 2 heteroatoms. The minimum absolute atomic E-state index is 0.148. The molecule has 0 bridgehead atoms. The van der Waals surface area contributed by atoms with Gasteiger partial charge in [0.2, 0.25) is 0 Å². The molecule has 0 aliphatic rings. The second-order valence-electron chi connectivity index (χ2n) is 3.35. The molecule has 1 atom stereocenters. The lowest BCUT2D eigenvalue weighted by Crippen LogP contribution is -2.02. The lowest BCUT2D eigenvalue weighted by atomic mass is 10.1. The molecule has 0 spiro atoms. The third-order valence-corrected chi connectivity index (χ3v) is 2.19. The molecule has 0 saturated carbocycles. The Labute approximate surface area is 85.5 Å². The number of aliphatic hydroxyl groups excluding tert-OH is 1. The van der Waals surface area contributed by atoms with Crippen LogP contribution in [0.3, 0.4) is 0 Å². The Hall–Kier alpha value is -0.860. The summed E-state index contributed by atoms with van der Waals surface area (Å²) in [6.45, 7) is 3.02. The second kappa shape index (κ2) is 6.57. The van der Waals surface area contributed by atoms with E-state index >= 15 is 0 Å². The largest absolute Gasteiger partial charge is 0.396 e. The Balaban J connectivity index is 2.25. The zero-order valence-corrected chi connectivity index (χ0v) is 8.65. The molecule has 0 aromatic heterocycles. The van der Waals surface area contributed by atoms with Crippen molar-refractivity contribution in [3.63, 3.8) is 0 Å². The van der Waals surface area contributed by atoms with Gasteiger partial charge in [-0.15, -0.1) is 0 Å². The van der Waals surface area contributed by atoms with Crippen molar-refractivity contribution in [3.05, 3.63) is 35.9 Å². The molecule has 78 valence electrons. The van der Waals surface area contributed by atoms with Crippen LogP contribution in [-0.4, -0.2) is 18.3 Å². The monoisotopic (exact) mass is 194 g/mol. The van der Waals surface area contributed by atoms with E-state index in [0.29, 0.717) is 0 Å². The van der Waals surface area contributed by atoms with Crippen LogP contribution in [0, 0.1) is 0 Å². The fraction of sp³-hybridized carbons (Fsp3) is 0.500. The Morgan fingerprint density at radius 1 is 1.21 bits per heavy atom. The topological polar surface area (TPSA) is 29.5 Å². The Morgan fingerprint density at radius 2 is 1.93 bits per heavy atom. The average molecular weight is 194 g/mol. The number of unbranched alkanes of at least 4 members (excludes halogenated alkanes) is 1. The van der Waals surface area contributed by atoms with Crippen molar-refractivity contribution in [1.82, 2.24) is 0 Å². The van der Waals surface area contributed by atoms with Crippen LogP contribution in [0.15, 0.2) is 30.3 Å². The second-order valence-corrected chi connectivity index (χ2v) is 3.35. The lowest BCUT2D eigenvalue weighted by Gasteiger charge is -2.12. The number of aliphatic hydroxyl groups is 1. The maximum atomic E-state index is 8.59. The SMILES string of the molecule is CC(OCCCCO)c1ccccc1. The Bertz CT molecular complexity index is 233. The summed E-state index contributed by atoms with van der Waals surface area (Å²) in [5.74, 6) is 0. The summed E-state index contributed by atoms with van der Waals surface area (Å²) in [4.78, 5) is 0. The van der Waals surface area contributed by atoms with Crippen LogP contribution in [0.5, 0.6) is 0 Å². The van der Waals surface area contributed by atoms with Gasteiger partial charge in [-0.25, -0.2) is 0 Å². The first-order chi connectivity index (χ1) is 6.84. The predicted octanol–water partition coefficient (Wildman–Crippen LogP) is 2.54. The molecule has 14 heavy (non-hydrogen) atoms. The molecule has 0 aliphatic carbocycles. The van der Waals surface area contributed by atoms with Gasteiger partial charge in [0.05, 0.1) is 6.10 Å². The molecule has 0 heterocycles. The molecular formula is C12H18O2. The van der Waals surface area contributed by atoms with Crippen LogP contribution in [0.25, 0.3) is 0 Å². The minimum Gasteiger partial charge on any atom is -0.396 e. The van der Waals surface area contributed by atoms with Gasteiger partial charge in [-0.05, 0) is 25.3 Å². The Kier molecular flexibility index (Phi) is 5.27. The van der Waals surface area contributed by atoms with Crippen LogP contribution in [0.2, 0.25) is 0 Å². The van der Waals surface area contributed by atoms with Crippen molar-refractivity contribution < 1.29 is 9.84 Å². The van der Waals surface area contributed by atoms with E-state index in [-0.39, 0.29) is 12.7 Å². The summed E-state index contributed by atoms with van der Waals surface area (Å²) >= 11 is 0. The molecule has 0 fully saturated rings. The summed E-state index contributed by atoms with van der Waals surface area (Å²) in [5.41, 5.74) is 1.21. The van der Waals surface area contributed by atoms with Crippen LogP contribution < -0.4 is 0 Å². The van der Waals surface area contributed by atoms with E-state index in [1.807, 2.05) is 25.1 Å². The zero-order chi connectivity index (χ0) is 10.2. The molecule has 0 saturated heterocycles. The highest BCUT2D eigenvalue weighted by Gasteiger charge is 2.03. The van der Waals surface area contributed by atoms with E-state index < -0.39 is 0 Å². The quantitative estimate of drug-likeness (QED) is 0.705. The van der Waals surface area contributed by atoms with Crippen molar-refractivity contribution in [2.75, 3.05) is 13.2 Å². The van der Waals surface area contributed by atoms with E-state index in [9.17, 15) is 0 Å². The third-order valence-electron chi connectivity index (χ3n) is 2.19. The summed E-state index contributed by atoms with van der Waals surface area (Å²) in [6, 6.07) is 10.2. The standard InChI is InChI=1S/C12H18O2/c1-11(14-10-6-5-9-13)12-7-3-2-4-8-12/h2-4,7-8,11,13H,5-6,9-10H2,1H3. The number of ether oxygens (including phenoxy) is 1. The van der Waals surface area contributed by atoms with Gasteiger partial charge < -0.3 is 9.84 Å². The van der Waals surface area contributed by atoms with Crippen LogP contribution >= 0.6 is 0 Å². The first-order valence-corrected chi connectivity index (χ1v) is 5.12. The number of benzene rings is 1. The third kappa shape index (κ3) is 3.90. The van der Waals surface area contributed by atoms with Gasteiger partial charge in [-0.3, -0.25) is 0 Å². The fourth-order valence-electron chi connectivity index (χ4n) is 1.29. The van der Waals surface area contributed by atoms with Gasteiger partial charge in [0.1, 0.15) is 0 Å². The average Bonchev–Trinajstić information content (AvgIpc) is 2.25. The van der Waals surface area contributed by atoms with Crippen molar-refractivity contribution >= 4 is 0 Å². The molecule has 1 aromatic rings. The first kappa shape index (κ1) is 11.2. The van der Waals surface area contributed by atoms with Gasteiger partial charge in [0, 0.05) is 13.2 Å². The van der Waals surface area contributed by atoms with E-state index in [1.54, 1.807) is 0 Å². The van der Waals surface area contributed by atoms with Crippen molar-refractivity contribution in [2.24, 2.45) is 0 Å². The summed E-state index contributed by atoms with van der Waals surface area (Å²) in [6.07, 6.45) is 1.89. The minimum atomic E-state index is 0.148. The highest BCUT2D eigenvalue weighted by atomic mass is 16.5. The molecule has 1 N–H and O–H groups in total. The maximum Gasteiger partial charge on any atom is 0.0796 e. The maximum absolute atomic E-state index is 8.59. The molecule has 1 rings (SSSR count). The Morgan fingerprint density at radius 3 is 2.57 bits per heavy atom. The summed E-state index contributed by atoms with van der Waals surface area (Å²) in [7, 11) is 0. The van der Waals surface area contributed by atoms with Gasteiger partial charge in [-0.2, -0.15) is 0 Å². The molecule has 0 amide bonds. The number of hydrogen-bond acceptors (Lipinski definition) is 2. The van der Waals surface area contributed by atoms with Gasteiger partial charge >= 0.3 is 0 Å². The molecule has 1 unspecified atom stereocenters. The van der Waals surface area contributed by atoms with Crippen LogP contribution in [0.4, 0.5) is 0 Å². The molecule has 1 aromatic carbocycles. The molecular weight excluding hydrogens is 176 g/mol. The van der Waals surface area contributed by atoms with Gasteiger partial charge in [0.15, 0.2) is 0 Å². The van der Waals surface area contributed by atoms with Crippen LogP contribution in [-0.2, 0) is 4.74 Å². The zero-order valence-electron chi connectivity index (χ0n) is 8.65. The van der Waals surface area contributed by atoms with E-state index in [2.05, 4.69) is 12.1 Å². The fourth-order valence-corrected chi connectivity index (χ4v) is 1.29. The molecule has 0 aliphatic heterocycles. The first-order valence-electron chi connectivity index (χ1n) is 5.12. The van der Waals surface area contributed by atoms with E-state index in [0.717, 1.165) is 19.4 Å². The smallest absolute Gasteiger partial charge is 0.0796 e. The highest BCUT2D eigenvalue weighted by Crippen LogP contribution is 2.15. The van der Waals surface area contributed by atoms with Gasteiger partial charge in [-0.1, -0.05) is 30.3 Å². The summed E-state index contributed by atoms with van der Waals surface area (Å²) < 4.78 is 5.62. The number of rotatable bonds is 6. The highest BCUT2D eigenvalue weighted by molar-refractivity contribution is 5.16. The normalized spacial score (nSPS) is 12.7.